The summed E-state index contributed by atoms with van der Waals surface area (Å²) in [6.45, 7) is 3.26. The van der Waals surface area contributed by atoms with Gasteiger partial charge in [0.25, 0.3) is 6.04 Å². The number of hydrogen-bond donors (Lipinski definition) is 1. The lowest BCUT2D eigenvalue weighted by molar-refractivity contribution is -0.542. The predicted octanol–water partition coefficient (Wildman–Crippen LogP) is 1.78. The maximum atomic E-state index is 12.2. The van der Waals surface area contributed by atoms with Crippen LogP contribution in [-0.4, -0.2) is 27.5 Å². The Morgan fingerprint density at radius 2 is 1.95 bits per heavy atom. The maximum Gasteiger partial charge on any atom is 0.255 e. The third-order valence-electron chi connectivity index (χ3n) is 4.16. The van der Waals surface area contributed by atoms with Crippen molar-refractivity contribution in [2.45, 2.75) is 37.8 Å². The van der Waals surface area contributed by atoms with Gasteiger partial charge in [0.15, 0.2) is 11.4 Å². The van der Waals surface area contributed by atoms with Crippen molar-refractivity contribution in [2.24, 2.45) is 5.92 Å². The van der Waals surface area contributed by atoms with E-state index in [1.807, 2.05) is 6.07 Å². The van der Waals surface area contributed by atoms with E-state index in [0.717, 1.165) is 5.56 Å². The highest BCUT2D eigenvalue weighted by molar-refractivity contribution is 5.93. The largest absolute Gasteiger partial charge is 0.376 e. The van der Waals surface area contributed by atoms with E-state index in [9.17, 15) is 20.0 Å². The average Bonchev–Trinajstić information content (AvgIpc) is 2.62. The lowest BCUT2D eigenvalue weighted by Crippen LogP contribution is -2.48. The lowest BCUT2D eigenvalue weighted by atomic mass is 9.86. The third kappa shape index (κ3) is 1.94. The first kappa shape index (κ1) is 13.7. The summed E-state index contributed by atoms with van der Waals surface area (Å²) in [6.07, 6.45) is 0.0607. The van der Waals surface area contributed by atoms with Gasteiger partial charge in [-0.15, -0.1) is 0 Å². The Morgan fingerprint density at radius 1 is 1.37 bits per heavy atom. The second-order valence-electron chi connectivity index (χ2n) is 5.10. The number of hydrogen-bond acceptors (Lipinski definition) is 4. The Balaban J connectivity index is 2.54. The molecule has 1 N–H and O–H groups in total. The molecule has 0 bridgehead atoms. The van der Waals surface area contributed by atoms with Crippen LogP contribution in [-0.2, 0) is 4.79 Å². The first-order valence-electron chi connectivity index (χ1n) is 6.38. The van der Waals surface area contributed by atoms with Crippen molar-refractivity contribution in [1.29, 1.82) is 0 Å². The molecule has 0 heterocycles. The summed E-state index contributed by atoms with van der Waals surface area (Å²) in [5.74, 6) is -1.55. The molecule has 0 amide bonds. The molecule has 5 nitrogen and oxygen atoms in total. The minimum absolute atomic E-state index is 0.0607. The molecule has 1 aromatic rings. The molecule has 1 saturated carbocycles. The molecule has 0 spiro atoms. The Bertz CT molecular complexity index is 501. The smallest absolute Gasteiger partial charge is 0.255 e. The van der Waals surface area contributed by atoms with Crippen molar-refractivity contribution in [1.82, 2.24) is 0 Å². The summed E-state index contributed by atoms with van der Waals surface area (Å²) in [7, 11) is 0. The van der Waals surface area contributed by atoms with Crippen LogP contribution in [0.3, 0.4) is 0 Å². The summed E-state index contributed by atoms with van der Waals surface area (Å²) in [5.41, 5.74) is -1.13. The van der Waals surface area contributed by atoms with E-state index >= 15 is 0 Å². The van der Waals surface area contributed by atoms with Gasteiger partial charge in [-0.05, 0) is 12.0 Å². The van der Waals surface area contributed by atoms with Crippen LogP contribution in [0.1, 0.15) is 31.7 Å². The van der Waals surface area contributed by atoms with E-state index in [2.05, 4.69) is 0 Å². The number of nitrogens with zero attached hydrogens (tertiary/aromatic N) is 1. The van der Waals surface area contributed by atoms with Crippen molar-refractivity contribution in [2.75, 3.05) is 0 Å². The van der Waals surface area contributed by atoms with Crippen LogP contribution in [0.4, 0.5) is 0 Å². The fraction of sp³-hybridized carbons (Fsp3) is 0.500. The van der Waals surface area contributed by atoms with E-state index in [4.69, 9.17) is 0 Å². The van der Waals surface area contributed by atoms with E-state index < -0.39 is 34.2 Å². The molecule has 1 fully saturated rings. The average molecular weight is 263 g/mol. The molecule has 1 aliphatic rings. The van der Waals surface area contributed by atoms with Gasteiger partial charge in [0.1, 0.15) is 0 Å². The number of benzene rings is 1. The van der Waals surface area contributed by atoms with Crippen molar-refractivity contribution in [3.05, 3.63) is 46.0 Å². The Kier molecular flexibility index (Phi) is 3.41. The summed E-state index contributed by atoms with van der Waals surface area (Å²) in [5, 5.41) is 21.8. The molecule has 2 rings (SSSR count). The van der Waals surface area contributed by atoms with E-state index in [1.165, 1.54) is 0 Å². The van der Waals surface area contributed by atoms with Gasteiger partial charge in [-0.3, -0.25) is 14.9 Å². The van der Waals surface area contributed by atoms with Crippen LogP contribution in [0, 0.1) is 16.0 Å². The van der Waals surface area contributed by atoms with Gasteiger partial charge in [0.2, 0.25) is 0 Å². The molecular weight excluding hydrogens is 246 g/mol. The molecule has 4 atom stereocenters. The molecule has 5 heteroatoms. The van der Waals surface area contributed by atoms with Crippen molar-refractivity contribution >= 4 is 5.78 Å². The number of nitro groups is 1. The lowest BCUT2D eigenvalue weighted by Gasteiger charge is -2.23. The molecule has 0 radical (unpaired) electrons. The second kappa shape index (κ2) is 4.74. The summed E-state index contributed by atoms with van der Waals surface area (Å²) < 4.78 is 0. The number of Topliss-reactive ketones (excluding diaryl/α,β-unsaturated/α-hetero) is 1. The summed E-state index contributed by atoms with van der Waals surface area (Å²) in [4.78, 5) is 23.0. The molecule has 0 aliphatic heterocycles. The fourth-order valence-corrected chi connectivity index (χ4v) is 3.11. The standard InChI is InChI=1S/C14H17NO4/c1-3-14(17)12(15(18)19)11(9(2)13(14)16)10-7-5-4-6-8-10/h4-9,11-12,17H,3H2,1-2H3/t9-,11-,12+,14+/m1/s1. The van der Waals surface area contributed by atoms with Gasteiger partial charge in [-0.25, -0.2) is 0 Å². The van der Waals surface area contributed by atoms with Gasteiger partial charge in [-0.1, -0.05) is 44.2 Å². The quantitative estimate of drug-likeness (QED) is 0.665. The van der Waals surface area contributed by atoms with Gasteiger partial charge in [0.05, 0.1) is 5.92 Å². The van der Waals surface area contributed by atoms with Crippen LogP contribution in [0.2, 0.25) is 0 Å². The number of carbonyl (C=O) groups is 1. The highest BCUT2D eigenvalue weighted by atomic mass is 16.6. The van der Waals surface area contributed by atoms with Crippen LogP contribution in [0.5, 0.6) is 0 Å². The van der Waals surface area contributed by atoms with Crippen LogP contribution >= 0.6 is 0 Å². The molecule has 102 valence electrons. The molecule has 1 aliphatic carbocycles. The minimum Gasteiger partial charge on any atom is -0.376 e. The van der Waals surface area contributed by atoms with Crippen LogP contribution in [0.15, 0.2) is 30.3 Å². The Hall–Kier alpha value is -1.75. The Morgan fingerprint density at radius 3 is 2.42 bits per heavy atom. The molecule has 1 aromatic carbocycles. The molecule has 19 heavy (non-hydrogen) atoms. The zero-order valence-electron chi connectivity index (χ0n) is 10.9. The van der Waals surface area contributed by atoms with Crippen molar-refractivity contribution < 1.29 is 14.8 Å². The molecule has 0 unspecified atom stereocenters. The van der Waals surface area contributed by atoms with E-state index in [-0.39, 0.29) is 6.42 Å². The number of carbonyl (C=O) groups excluding carboxylic acids is 1. The Labute approximate surface area is 111 Å². The zero-order valence-corrected chi connectivity index (χ0v) is 10.9. The normalized spacial score (nSPS) is 34.5. The maximum absolute atomic E-state index is 12.2. The second-order valence-corrected chi connectivity index (χ2v) is 5.10. The SMILES string of the molecule is CC[C@@]1(O)C(=O)[C@H](C)[C@H](c2ccccc2)[C@@H]1[N+](=O)[O-]. The minimum atomic E-state index is -1.86. The van der Waals surface area contributed by atoms with Gasteiger partial charge in [0, 0.05) is 10.8 Å². The van der Waals surface area contributed by atoms with Crippen molar-refractivity contribution in [3.8, 4) is 0 Å². The van der Waals surface area contributed by atoms with Gasteiger partial charge in [-0.2, -0.15) is 0 Å². The van der Waals surface area contributed by atoms with Gasteiger partial charge >= 0.3 is 0 Å². The number of ketones is 1. The first-order valence-corrected chi connectivity index (χ1v) is 6.38. The monoisotopic (exact) mass is 263 g/mol. The summed E-state index contributed by atoms with van der Waals surface area (Å²) >= 11 is 0. The molecule has 0 aromatic heterocycles. The predicted molar refractivity (Wildman–Crippen MR) is 69.4 cm³/mol. The molecular formula is C14H17NO4. The highest BCUT2D eigenvalue weighted by Gasteiger charge is 2.64. The van der Waals surface area contributed by atoms with Gasteiger partial charge < -0.3 is 5.11 Å². The third-order valence-corrected chi connectivity index (χ3v) is 4.16. The van der Waals surface area contributed by atoms with Crippen LogP contribution < -0.4 is 0 Å². The van der Waals surface area contributed by atoms with E-state index in [1.54, 1.807) is 38.1 Å². The topological polar surface area (TPSA) is 80.4 Å². The highest BCUT2D eigenvalue weighted by Crippen LogP contribution is 2.45. The number of aliphatic hydroxyl groups is 1. The fourth-order valence-electron chi connectivity index (χ4n) is 3.11. The van der Waals surface area contributed by atoms with E-state index in [0.29, 0.717) is 0 Å². The first-order chi connectivity index (χ1) is 8.93. The summed E-state index contributed by atoms with van der Waals surface area (Å²) in [6, 6.07) is 7.65. The number of rotatable bonds is 3. The van der Waals surface area contributed by atoms with Crippen molar-refractivity contribution in [3.63, 3.8) is 0 Å². The zero-order chi connectivity index (χ0) is 14.2. The van der Waals surface area contributed by atoms with Crippen LogP contribution in [0.25, 0.3) is 0 Å². The molecule has 0 saturated heterocycles.